The van der Waals surface area contributed by atoms with Gasteiger partial charge in [-0.15, -0.1) is 0 Å². The van der Waals surface area contributed by atoms with Crippen LogP contribution in [0.1, 0.15) is 43.7 Å². The molecule has 1 aliphatic heterocycles. The molecule has 0 fully saturated rings. The molecule has 2 N–H and O–H groups in total. The van der Waals surface area contributed by atoms with Gasteiger partial charge < -0.3 is 24.7 Å². The fraction of sp³-hybridized carbons (Fsp3) is 0.414. The molecule has 1 aliphatic rings. The van der Waals surface area contributed by atoms with Gasteiger partial charge in [0.25, 0.3) is 5.91 Å². The minimum absolute atomic E-state index is 0.0734. The molecule has 8 nitrogen and oxygen atoms in total. The van der Waals surface area contributed by atoms with E-state index >= 15 is 0 Å². The number of hydrogen-bond donors (Lipinski definition) is 2. The van der Waals surface area contributed by atoms with Crippen LogP contribution in [-0.4, -0.2) is 59.7 Å². The van der Waals surface area contributed by atoms with Crippen molar-refractivity contribution in [1.82, 2.24) is 4.90 Å². The van der Waals surface area contributed by atoms with Gasteiger partial charge in [-0.3, -0.25) is 14.4 Å². The van der Waals surface area contributed by atoms with Gasteiger partial charge in [-0.2, -0.15) is 0 Å². The Hall–Kier alpha value is -3.01. The number of amides is 2. The average molecular weight is 588 g/mol. The van der Waals surface area contributed by atoms with Gasteiger partial charge in [-0.25, -0.2) is 0 Å². The van der Waals surface area contributed by atoms with Gasteiger partial charge in [-0.05, 0) is 36.6 Å². The summed E-state index contributed by atoms with van der Waals surface area (Å²) in [4.78, 5) is 41.0. The molecule has 1 heterocycles. The largest absolute Gasteiger partial charge is 0.469 e. The molecule has 2 aromatic rings. The number of nitrogens with zero attached hydrogens (tertiary/aromatic N) is 2. The fourth-order valence-corrected chi connectivity index (χ4v) is 5.00. The zero-order valence-corrected chi connectivity index (χ0v) is 23.4. The third-order valence-electron chi connectivity index (χ3n) is 6.79. The van der Waals surface area contributed by atoms with Crippen molar-refractivity contribution in [3.8, 4) is 0 Å². The number of aliphatic hydroxyl groups excluding tert-OH is 1. The maximum Gasteiger partial charge on any atom is 0.305 e. The molecular formula is C29H35BrN2O6. The summed E-state index contributed by atoms with van der Waals surface area (Å²) in [6.07, 6.45) is 4.84. The molecule has 0 unspecified atom stereocenters. The molecule has 204 valence electrons. The van der Waals surface area contributed by atoms with Crippen molar-refractivity contribution in [3.63, 3.8) is 0 Å². The van der Waals surface area contributed by atoms with Crippen LogP contribution in [0.25, 0.3) is 0 Å². The summed E-state index contributed by atoms with van der Waals surface area (Å²) in [5.74, 6) is -1.51. The highest BCUT2D eigenvalue weighted by atomic mass is 79.9. The van der Waals surface area contributed by atoms with E-state index in [9.17, 15) is 24.6 Å². The number of esters is 1. The van der Waals surface area contributed by atoms with Crippen LogP contribution in [-0.2, 0) is 31.3 Å². The Morgan fingerprint density at radius 3 is 2.61 bits per heavy atom. The zero-order chi connectivity index (χ0) is 27.7. The molecule has 0 aromatic heterocycles. The van der Waals surface area contributed by atoms with Gasteiger partial charge in [0.15, 0.2) is 5.60 Å². The Morgan fingerprint density at radius 1 is 1.18 bits per heavy atom. The van der Waals surface area contributed by atoms with Crippen molar-refractivity contribution in [2.45, 2.75) is 44.8 Å². The molecule has 0 spiro atoms. The maximum absolute atomic E-state index is 13.5. The van der Waals surface area contributed by atoms with Crippen LogP contribution in [0.5, 0.6) is 0 Å². The summed E-state index contributed by atoms with van der Waals surface area (Å²) in [5.41, 5.74) is 0.299. The van der Waals surface area contributed by atoms with E-state index in [0.29, 0.717) is 37.2 Å². The van der Waals surface area contributed by atoms with Gasteiger partial charge in [0.2, 0.25) is 5.91 Å². The van der Waals surface area contributed by atoms with Gasteiger partial charge in [-0.1, -0.05) is 65.3 Å². The number of halogens is 1. The second-order valence-electron chi connectivity index (χ2n) is 9.36. The van der Waals surface area contributed by atoms with Crippen LogP contribution >= 0.6 is 15.9 Å². The first-order chi connectivity index (χ1) is 18.2. The third kappa shape index (κ3) is 6.89. The number of ether oxygens (including phenoxy) is 1. The lowest BCUT2D eigenvalue weighted by Crippen LogP contribution is -2.44. The summed E-state index contributed by atoms with van der Waals surface area (Å²) >= 11 is 3.44. The van der Waals surface area contributed by atoms with Crippen LogP contribution in [0.4, 0.5) is 5.69 Å². The quantitative estimate of drug-likeness (QED) is 0.209. The fourth-order valence-electron chi connectivity index (χ4n) is 4.64. The predicted octanol–water partition coefficient (Wildman–Crippen LogP) is 3.93. The maximum atomic E-state index is 13.5. The summed E-state index contributed by atoms with van der Waals surface area (Å²) < 4.78 is 5.42. The lowest BCUT2D eigenvalue weighted by atomic mass is 9.83. The number of benzene rings is 2. The highest BCUT2D eigenvalue weighted by molar-refractivity contribution is 9.10. The number of methoxy groups -OCH3 is 1. The summed E-state index contributed by atoms with van der Waals surface area (Å²) in [5, 5.41) is 21.2. The average Bonchev–Trinajstić information content (AvgIpc) is 3.13. The lowest BCUT2D eigenvalue weighted by Gasteiger charge is -2.28. The van der Waals surface area contributed by atoms with Gasteiger partial charge in [0, 0.05) is 48.4 Å². The Morgan fingerprint density at radius 2 is 1.92 bits per heavy atom. The molecular weight excluding hydrogens is 552 g/mol. The molecule has 0 bridgehead atoms. The van der Waals surface area contributed by atoms with Crippen LogP contribution < -0.4 is 4.90 Å². The van der Waals surface area contributed by atoms with Gasteiger partial charge in [0.05, 0.1) is 19.4 Å². The Balaban J connectivity index is 1.71. The highest BCUT2D eigenvalue weighted by Gasteiger charge is 2.52. The number of fused-ring (bicyclic) bond motifs is 1. The molecule has 0 aliphatic carbocycles. The first-order valence-electron chi connectivity index (χ1n) is 12.7. The van der Waals surface area contributed by atoms with E-state index in [1.165, 1.54) is 7.11 Å². The van der Waals surface area contributed by atoms with Gasteiger partial charge in [0.1, 0.15) is 0 Å². The van der Waals surface area contributed by atoms with Crippen molar-refractivity contribution in [1.29, 1.82) is 0 Å². The monoisotopic (exact) mass is 586 g/mol. The minimum Gasteiger partial charge on any atom is -0.469 e. The minimum atomic E-state index is -1.80. The van der Waals surface area contributed by atoms with Crippen LogP contribution in [0.3, 0.4) is 0 Å². The summed E-state index contributed by atoms with van der Waals surface area (Å²) in [6, 6.07) is 14.9. The van der Waals surface area contributed by atoms with Crippen molar-refractivity contribution < 1.29 is 29.3 Å². The number of rotatable bonds is 13. The van der Waals surface area contributed by atoms with E-state index in [-0.39, 0.29) is 37.9 Å². The van der Waals surface area contributed by atoms with Crippen LogP contribution in [0, 0.1) is 5.92 Å². The molecule has 0 radical (unpaired) electrons. The number of anilines is 1. The van der Waals surface area contributed by atoms with E-state index in [2.05, 4.69) is 20.7 Å². The molecule has 3 rings (SSSR count). The predicted molar refractivity (Wildman–Crippen MR) is 148 cm³/mol. The molecule has 2 amide bonds. The van der Waals surface area contributed by atoms with Crippen molar-refractivity contribution in [2.75, 3.05) is 31.7 Å². The molecule has 2 atom stereocenters. The normalized spacial score (nSPS) is 17.5. The first-order valence-corrected chi connectivity index (χ1v) is 13.5. The Kier molecular flexibility index (Phi) is 10.6. The highest BCUT2D eigenvalue weighted by Crippen LogP contribution is 2.46. The number of hydrogen-bond acceptors (Lipinski definition) is 6. The summed E-state index contributed by atoms with van der Waals surface area (Å²) in [6.45, 7) is 2.56. The molecule has 0 saturated carbocycles. The van der Waals surface area contributed by atoms with Crippen LogP contribution in [0.2, 0.25) is 0 Å². The third-order valence-corrected chi connectivity index (χ3v) is 7.28. The SMILES string of the molecule is COC(=O)CCCCN1C(=O)[C@@](O)([C@@H](C)/C=C/CC(=O)N(CCO)Cc2ccccc2)c2cc(Br)ccc21. The first kappa shape index (κ1) is 29.5. The van der Waals surface area contributed by atoms with E-state index < -0.39 is 17.4 Å². The van der Waals surface area contributed by atoms with E-state index in [0.717, 1.165) is 10.0 Å². The zero-order valence-electron chi connectivity index (χ0n) is 21.8. The topological polar surface area (TPSA) is 107 Å². The molecule has 2 aromatic carbocycles. The smallest absolute Gasteiger partial charge is 0.305 e. The Labute approximate surface area is 232 Å². The second kappa shape index (κ2) is 13.7. The van der Waals surface area contributed by atoms with E-state index in [1.54, 1.807) is 41.0 Å². The molecule has 0 saturated heterocycles. The van der Waals surface area contributed by atoms with Crippen molar-refractivity contribution in [3.05, 3.63) is 76.3 Å². The Bertz CT molecular complexity index is 1160. The second-order valence-corrected chi connectivity index (χ2v) is 10.3. The van der Waals surface area contributed by atoms with E-state index in [4.69, 9.17) is 0 Å². The number of carbonyl (C=O) groups excluding carboxylic acids is 3. The number of carbonyl (C=O) groups is 3. The standard InChI is InChI=1S/C29H35BrN2O6/c1-21(9-8-12-26(34)31(17-18-33)20-22-10-4-3-5-11-22)29(37)24-19-23(30)14-15-25(24)32(28(29)36)16-7-6-13-27(35)38-2/h3-5,8-11,14-15,19,21,33,37H,6-7,12-13,16-18,20H2,1-2H3/b9-8+/t21-,29+/m0/s1. The molecule has 38 heavy (non-hydrogen) atoms. The van der Waals surface area contributed by atoms with Gasteiger partial charge >= 0.3 is 5.97 Å². The number of unbranched alkanes of at least 4 members (excludes halogenated alkanes) is 1. The van der Waals surface area contributed by atoms with E-state index in [1.807, 2.05) is 36.4 Å². The lowest BCUT2D eigenvalue weighted by molar-refractivity contribution is -0.140. The summed E-state index contributed by atoms with van der Waals surface area (Å²) in [7, 11) is 1.34. The number of aliphatic hydroxyl groups is 2. The molecule has 9 heteroatoms. The van der Waals surface area contributed by atoms with Crippen LogP contribution in [0.15, 0.2) is 65.2 Å². The van der Waals surface area contributed by atoms with Crippen molar-refractivity contribution >= 4 is 39.4 Å². The van der Waals surface area contributed by atoms with Crippen molar-refractivity contribution in [2.24, 2.45) is 5.92 Å².